The third kappa shape index (κ3) is 12.3. The minimum absolute atomic E-state index is 0.0223. The van der Waals surface area contributed by atoms with Crippen molar-refractivity contribution < 1.29 is 72.9 Å². The van der Waals surface area contributed by atoms with Crippen LogP contribution < -0.4 is 14.2 Å². The van der Waals surface area contributed by atoms with E-state index in [2.05, 4.69) is 15.0 Å². The summed E-state index contributed by atoms with van der Waals surface area (Å²) in [6, 6.07) is 22.1. The lowest BCUT2D eigenvalue weighted by atomic mass is 9.96. The summed E-state index contributed by atoms with van der Waals surface area (Å²) in [5.74, 6) is 1.39. The van der Waals surface area contributed by atoms with E-state index in [-0.39, 0.29) is 53.4 Å². The predicted octanol–water partition coefficient (Wildman–Crippen LogP) is 11.4. The monoisotopic (exact) mass is 977 g/mol. The Labute approximate surface area is 394 Å². The van der Waals surface area contributed by atoms with Crippen LogP contribution in [0.2, 0.25) is 0 Å². The summed E-state index contributed by atoms with van der Waals surface area (Å²) in [4.78, 5) is 57.0. The van der Waals surface area contributed by atoms with Gasteiger partial charge in [0, 0.05) is 66.0 Å². The van der Waals surface area contributed by atoms with Crippen LogP contribution in [-0.2, 0) is 44.2 Å². The maximum Gasteiger partial charge on any atom is 0.418 e. The summed E-state index contributed by atoms with van der Waals surface area (Å²) in [5, 5.41) is 0. The van der Waals surface area contributed by atoms with E-state index in [0.29, 0.717) is 35.5 Å². The van der Waals surface area contributed by atoms with E-state index < -0.39 is 46.8 Å². The molecule has 1 unspecified atom stereocenters. The number of carbonyl (C=O) groups is 4. The average Bonchev–Trinajstić information content (AvgIpc) is 3.98. The number of halogens is 9. The van der Waals surface area contributed by atoms with Crippen LogP contribution in [0.5, 0.6) is 17.2 Å². The molecule has 0 fully saturated rings. The number of carbonyl (C=O) groups excluding carboxylic acids is 4. The fraction of sp³-hybridized carbons (Fsp3) is 0.235. The summed E-state index contributed by atoms with van der Waals surface area (Å²) in [7, 11) is 4.68. The van der Waals surface area contributed by atoms with Crippen LogP contribution >= 0.6 is 0 Å². The number of nitrogens with zero attached hydrogens (tertiary/aromatic N) is 3. The Morgan fingerprint density at radius 1 is 0.571 bits per heavy atom. The van der Waals surface area contributed by atoms with E-state index in [4.69, 9.17) is 14.2 Å². The highest BCUT2D eigenvalue weighted by atomic mass is 19.4. The van der Waals surface area contributed by atoms with Gasteiger partial charge in [-0.15, -0.1) is 0 Å². The van der Waals surface area contributed by atoms with E-state index in [1.807, 2.05) is 18.2 Å². The zero-order valence-electron chi connectivity index (χ0n) is 37.3. The van der Waals surface area contributed by atoms with Gasteiger partial charge in [0.15, 0.2) is 23.6 Å². The van der Waals surface area contributed by atoms with E-state index in [9.17, 15) is 58.7 Å². The van der Waals surface area contributed by atoms with Gasteiger partial charge in [0.25, 0.3) is 0 Å². The number of aryl methyl sites for hydroxylation is 1. The number of fused-ring (bicyclic) bond motifs is 3. The van der Waals surface area contributed by atoms with Crippen molar-refractivity contribution in [2.24, 2.45) is 5.92 Å². The first-order valence-electron chi connectivity index (χ1n) is 21.0. The summed E-state index contributed by atoms with van der Waals surface area (Å²) in [6.07, 6.45) is -6.29. The SMILES string of the molecule is COc1ccc2c(c1)C/C(=C\c1ncccc1C(F)(F)F)C2=O.COc1ccc2c(c1)CC(Cc1ncccc1C(F)(F)F)C2=O.COc1ccc2c(c1)CCC2=O.O=Cc1ncccc1C(F)(F)F. The van der Waals surface area contributed by atoms with Crippen LogP contribution in [0.15, 0.2) is 115 Å². The molecule has 0 radical (unpaired) electrons. The molecule has 1 atom stereocenters. The van der Waals surface area contributed by atoms with Gasteiger partial charge in [-0.2, -0.15) is 39.5 Å². The number of allylic oxidation sites excluding steroid dienone is 1. The lowest BCUT2D eigenvalue weighted by Gasteiger charge is -2.13. The Morgan fingerprint density at radius 2 is 1.06 bits per heavy atom. The van der Waals surface area contributed by atoms with Gasteiger partial charge in [-0.25, -0.2) is 0 Å². The van der Waals surface area contributed by atoms with Crippen molar-refractivity contribution >= 4 is 29.7 Å². The highest BCUT2D eigenvalue weighted by molar-refractivity contribution is 6.15. The molecule has 3 aromatic heterocycles. The molecule has 70 heavy (non-hydrogen) atoms. The first kappa shape index (κ1) is 51.7. The maximum absolute atomic E-state index is 13.0. The Kier molecular flexibility index (Phi) is 16.0. The molecular formula is C51H40F9N3O7. The molecule has 3 aliphatic rings. The lowest BCUT2D eigenvalue weighted by Crippen LogP contribution is -2.17. The number of ketones is 3. The number of hydrogen-bond donors (Lipinski definition) is 0. The number of ether oxygens (including phenoxy) is 3. The molecule has 9 rings (SSSR count). The topological polar surface area (TPSA) is 135 Å². The van der Waals surface area contributed by atoms with Gasteiger partial charge >= 0.3 is 18.5 Å². The van der Waals surface area contributed by atoms with Crippen molar-refractivity contribution in [1.82, 2.24) is 15.0 Å². The molecule has 0 amide bonds. The average molecular weight is 978 g/mol. The molecule has 3 aromatic carbocycles. The number of hydrogen-bond acceptors (Lipinski definition) is 10. The minimum atomic E-state index is -4.52. The molecule has 0 saturated carbocycles. The van der Waals surface area contributed by atoms with Crippen molar-refractivity contribution in [1.29, 1.82) is 0 Å². The first-order chi connectivity index (χ1) is 33.2. The Morgan fingerprint density at radius 3 is 1.60 bits per heavy atom. The molecule has 3 aliphatic carbocycles. The normalized spacial score (nSPS) is 15.3. The van der Waals surface area contributed by atoms with E-state index in [0.717, 1.165) is 64.9 Å². The van der Waals surface area contributed by atoms with Crippen LogP contribution in [0.4, 0.5) is 39.5 Å². The maximum atomic E-state index is 13.0. The van der Waals surface area contributed by atoms with Crippen molar-refractivity contribution in [3.63, 3.8) is 0 Å². The smallest absolute Gasteiger partial charge is 0.418 e. The Balaban J connectivity index is 0.000000160. The number of benzene rings is 3. The highest BCUT2D eigenvalue weighted by Gasteiger charge is 2.38. The van der Waals surface area contributed by atoms with Crippen molar-refractivity contribution in [2.75, 3.05) is 21.3 Å². The van der Waals surface area contributed by atoms with Gasteiger partial charge in [0.2, 0.25) is 0 Å². The summed E-state index contributed by atoms with van der Waals surface area (Å²) >= 11 is 0. The molecule has 0 aliphatic heterocycles. The third-order valence-electron chi connectivity index (χ3n) is 11.2. The zero-order valence-corrected chi connectivity index (χ0v) is 37.3. The third-order valence-corrected chi connectivity index (χ3v) is 11.2. The van der Waals surface area contributed by atoms with Gasteiger partial charge in [-0.1, -0.05) is 0 Å². The van der Waals surface area contributed by atoms with Crippen molar-refractivity contribution in [3.05, 3.63) is 182 Å². The highest BCUT2D eigenvalue weighted by Crippen LogP contribution is 2.37. The van der Waals surface area contributed by atoms with Gasteiger partial charge in [0.05, 0.1) is 49.4 Å². The summed E-state index contributed by atoms with van der Waals surface area (Å²) < 4.78 is 130. The molecule has 364 valence electrons. The Hall–Kier alpha value is -7.70. The number of Topliss-reactive ketones (excluding diaryl/α,β-unsaturated/α-hetero) is 3. The first-order valence-corrected chi connectivity index (χ1v) is 21.0. The number of methoxy groups -OCH3 is 3. The van der Waals surface area contributed by atoms with E-state index >= 15 is 0 Å². The fourth-order valence-electron chi connectivity index (χ4n) is 7.83. The van der Waals surface area contributed by atoms with Gasteiger partial charge in [-0.05, 0) is 127 Å². The fourth-order valence-corrected chi connectivity index (χ4v) is 7.83. The quantitative estimate of drug-likeness (QED) is 0.0864. The molecule has 0 bridgehead atoms. The molecule has 0 spiro atoms. The second kappa shape index (κ2) is 21.7. The minimum Gasteiger partial charge on any atom is -0.497 e. The molecule has 6 aromatic rings. The van der Waals surface area contributed by atoms with E-state index in [1.165, 1.54) is 44.8 Å². The summed E-state index contributed by atoms with van der Waals surface area (Å²) in [6.45, 7) is 0. The molecule has 0 saturated heterocycles. The number of rotatable bonds is 7. The van der Waals surface area contributed by atoms with Crippen LogP contribution in [0.1, 0.15) is 92.8 Å². The van der Waals surface area contributed by atoms with Crippen LogP contribution in [0, 0.1) is 5.92 Å². The van der Waals surface area contributed by atoms with Crippen molar-refractivity contribution in [2.45, 2.75) is 50.6 Å². The number of pyridine rings is 3. The molecule has 3 heterocycles. The summed E-state index contributed by atoms with van der Waals surface area (Å²) in [5.41, 5.74) is 1.34. The van der Waals surface area contributed by atoms with Gasteiger partial charge in [0.1, 0.15) is 22.9 Å². The standard InChI is InChI=1S/C17H14F3NO2.C17H12F3NO2.C10H10O2.C7H4F3NO/c2*1-23-12-4-5-13-10(8-12)7-11(16(13)22)9-15-14(17(18,19)20)3-2-6-21-15;1-12-8-3-4-9-7(6-8)2-5-10(9)11;8-7(9,10)5-2-1-3-11-6(5)4-12/h2-6,8,11H,7,9H2,1H3;2-6,8-9H,7H2,1H3;3-4,6H,2,5H2,1H3;1-4H/b;11-9+;;. The van der Waals surface area contributed by atoms with Crippen LogP contribution in [0.3, 0.4) is 0 Å². The van der Waals surface area contributed by atoms with Crippen molar-refractivity contribution in [3.8, 4) is 17.2 Å². The van der Waals surface area contributed by atoms with E-state index in [1.54, 1.807) is 43.5 Å². The van der Waals surface area contributed by atoms with Crippen LogP contribution in [-0.4, -0.2) is 59.9 Å². The number of alkyl halides is 9. The number of aromatic nitrogens is 3. The molecule has 19 heteroatoms. The predicted molar refractivity (Wildman–Crippen MR) is 236 cm³/mol. The largest absolute Gasteiger partial charge is 0.497 e. The zero-order chi connectivity index (χ0) is 51.0. The van der Waals surface area contributed by atoms with Gasteiger partial charge < -0.3 is 14.2 Å². The lowest BCUT2D eigenvalue weighted by molar-refractivity contribution is -0.139. The number of aldehydes is 1. The van der Waals surface area contributed by atoms with Crippen LogP contribution in [0.25, 0.3) is 6.08 Å². The molecule has 0 N–H and O–H groups in total. The molecule has 10 nitrogen and oxygen atoms in total. The van der Waals surface area contributed by atoms with Gasteiger partial charge in [-0.3, -0.25) is 34.1 Å². The second-order valence-corrected chi connectivity index (χ2v) is 15.6. The molecular weight excluding hydrogens is 938 g/mol. The second-order valence-electron chi connectivity index (χ2n) is 15.6. The Bertz CT molecular complexity index is 2950.